The molecule has 1 aliphatic rings. The summed E-state index contributed by atoms with van der Waals surface area (Å²) in [5.41, 5.74) is 0.192. The molecule has 1 unspecified atom stereocenters. The molecule has 1 aromatic carbocycles. The molecule has 88 valence electrons. The van der Waals surface area contributed by atoms with E-state index in [4.69, 9.17) is 0 Å². The van der Waals surface area contributed by atoms with Gasteiger partial charge in [-0.05, 0) is 31.0 Å². The molecule has 0 bridgehead atoms. The topological polar surface area (TPSA) is 3.24 Å². The maximum atomic E-state index is 13.4. The normalized spacial score (nSPS) is 21.6. The average Bonchev–Trinajstić information content (AvgIpc) is 2.71. The van der Waals surface area contributed by atoms with Crippen LogP contribution in [0.2, 0.25) is 0 Å². The van der Waals surface area contributed by atoms with Gasteiger partial charge in [-0.2, -0.15) is 0 Å². The van der Waals surface area contributed by atoms with Gasteiger partial charge in [-0.1, -0.05) is 22.0 Å². The summed E-state index contributed by atoms with van der Waals surface area (Å²) < 4.78 is 26.8. The molecular formula is C12H14BrF2N. The van der Waals surface area contributed by atoms with Gasteiger partial charge in [0.25, 0.3) is 0 Å². The van der Waals surface area contributed by atoms with Crippen molar-refractivity contribution >= 4 is 15.9 Å². The smallest absolute Gasteiger partial charge is 0.130 e. The Labute approximate surface area is 103 Å². The highest BCUT2D eigenvalue weighted by atomic mass is 79.9. The number of alkyl halides is 1. The summed E-state index contributed by atoms with van der Waals surface area (Å²) >= 11 is 3.44. The molecule has 0 amide bonds. The number of benzene rings is 1. The van der Waals surface area contributed by atoms with E-state index in [9.17, 15) is 8.78 Å². The van der Waals surface area contributed by atoms with Crippen molar-refractivity contribution in [1.82, 2.24) is 4.90 Å². The number of halogens is 3. The van der Waals surface area contributed by atoms with Crippen molar-refractivity contribution in [2.24, 2.45) is 5.92 Å². The zero-order valence-electron chi connectivity index (χ0n) is 8.93. The van der Waals surface area contributed by atoms with Gasteiger partial charge in [-0.15, -0.1) is 0 Å². The summed E-state index contributed by atoms with van der Waals surface area (Å²) in [6.45, 7) is 2.21. The molecule has 0 aromatic heterocycles. The van der Waals surface area contributed by atoms with Crippen molar-refractivity contribution < 1.29 is 8.78 Å². The van der Waals surface area contributed by atoms with Crippen LogP contribution < -0.4 is 0 Å². The van der Waals surface area contributed by atoms with Gasteiger partial charge in [-0.25, -0.2) is 8.78 Å². The van der Waals surface area contributed by atoms with Crippen molar-refractivity contribution in [1.29, 1.82) is 0 Å². The molecule has 1 nitrogen and oxygen atoms in total. The van der Waals surface area contributed by atoms with E-state index >= 15 is 0 Å². The lowest BCUT2D eigenvalue weighted by atomic mass is 10.1. The molecule has 1 aromatic rings. The third kappa shape index (κ3) is 2.61. The zero-order valence-corrected chi connectivity index (χ0v) is 10.5. The molecule has 2 rings (SSSR count). The third-order valence-corrected chi connectivity index (χ3v) is 3.95. The molecule has 4 heteroatoms. The molecule has 0 saturated carbocycles. The molecule has 16 heavy (non-hydrogen) atoms. The second-order valence-corrected chi connectivity index (χ2v) is 4.89. The van der Waals surface area contributed by atoms with Gasteiger partial charge in [0.15, 0.2) is 0 Å². The first-order valence-corrected chi connectivity index (χ1v) is 6.54. The van der Waals surface area contributed by atoms with E-state index in [0.29, 0.717) is 12.5 Å². The highest BCUT2D eigenvalue weighted by Gasteiger charge is 2.23. The highest BCUT2D eigenvalue weighted by Crippen LogP contribution is 2.22. The van der Waals surface area contributed by atoms with Crippen LogP contribution in [0, 0.1) is 17.6 Å². The van der Waals surface area contributed by atoms with Crippen LogP contribution in [0.25, 0.3) is 0 Å². The minimum atomic E-state index is -0.442. The molecule has 0 N–H and O–H groups in total. The number of hydrogen-bond donors (Lipinski definition) is 0. The fraction of sp³-hybridized carbons (Fsp3) is 0.500. The summed E-state index contributed by atoms with van der Waals surface area (Å²) in [6, 6.07) is 4.03. The molecule has 0 spiro atoms. The number of likely N-dealkylation sites (tertiary alicyclic amines) is 1. The van der Waals surface area contributed by atoms with Crippen LogP contribution in [0.5, 0.6) is 0 Å². The monoisotopic (exact) mass is 289 g/mol. The Balaban J connectivity index is 2.04. The molecular weight excluding hydrogens is 276 g/mol. The van der Waals surface area contributed by atoms with E-state index in [1.807, 2.05) is 0 Å². The second-order valence-electron chi connectivity index (χ2n) is 4.24. The Morgan fingerprint density at radius 3 is 2.56 bits per heavy atom. The third-order valence-electron chi connectivity index (χ3n) is 3.03. The van der Waals surface area contributed by atoms with Crippen LogP contribution in [0.4, 0.5) is 8.78 Å². The molecule has 0 aliphatic carbocycles. The predicted molar refractivity (Wildman–Crippen MR) is 63.5 cm³/mol. The van der Waals surface area contributed by atoms with Gasteiger partial charge in [0.1, 0.15) is 11.6 Å². The fourth-order valence-electron chi connectivity index (χ4n) is 2.09. The first kappa shape index (κ1) is 12.0. The van der Waals surface area contributed by atoms with Crippen molar-refractivity contribution in [3.05, 3.63) is 35.4 Å². The van der Waals surface area contributed by atoms with Crippen LogP contribution in [-0.4, -0.2) is 23.3 Å². The summed E-state index contributed by atoms with van der Waals surface area (Å²) in [5.74, 6) is -0.278. The maximum absolute atomic E-state index is 13.4. The van der Waals surface area contributed by atoms with Crippen LogP contribution >= 0.6 is 15.9 Å². The van der Waals surface area contributed by atoms with E-state index in [2.05, 4.69) is 20.8 Å². The number of hydrogen-bond acceptors (Lipinski definition) is 1. The van der Waals surface area contributed by atoms with Gasteiger partial charge >= 0.3 is 0 Å². The summed E-state index contributed by atoms with van der Waals surface area (Å²) in [7, 11) is 0. The minimum absolute atomic E-state index is 0.192. The van der Waals surface area contributed by atoms with E-state index < -0.39 is 11.6 Å². The minimum Gasteiger partial charge on any atom is -0.299 e. The van der Waals surface area contributed by atoms with Gasteiger partial charge in [0.05, 0.1) is 0 Å². The molecule has 0 radical (unpaired) electrons. The van der Waals surface area contributed by atoms with E-state index in [0.717, 1.165) is 24.8 Å². The zero-order chi connectivity index (χ0) is 11.5. The lowest BCUT2D eigenvalue weighted by molar-refractivity contribution is 0.309. The van der Waals surface area contributed by atoms with Crippen molar-refractivity contribution in [3.63, 3.8) is 0 Å². The average molecular weight is 290 g/mol. The van der Waals surface area contributed by atoms with E-state index in [1.165, 1.54) is 18.2 Å². The van der Waals surface area contributed by atoms with Crippen molar-refractivity contribution in [2.45, 2.75) is 13.0 Å². The lowest BCUT2D eigenvalue weighted by Crippen LogP contribution is -2.21. The highest BCUT2D eigenvalue weighted by molar-refractivity contribution is 9.09. The van der Waals surface area contributed by atoms with E-state index in [1.54, 1.807) is 0 Å². The summed E-state index contributed by atoms with van der Waals surface area (Å²) in [5, 5.41) is 0.962. The molecule has 1 aliphatic heterocycles. The van der Waals surface area contributed by atoms with Crippen LogP contribution in [0.15, 0.2) is 18.2 Å². The first-order valence-electron chi connectivity index (χ1n) is 5.42. The number of rotatable bonds is 3. The van der Waals surface area contributed by atoms with Gasteiger partial charge in [-0.3, -0.25) is 4.90 Å². The second kappa shape index (κ2) is 5.23. The predicted octanol–water partition coefficient (Wildman–Crippen LogP) is 3.18. The van der Waals surface area contributed by atoms with E-state index in [-0.39, 0.29) is 5.56 Å². The Morgan fingerprint density at radius 1 is 1.31 bits per heavy atom. The summed E-state index contributed by atoms with van der Waals surface area (Å²) in [6.07, 6.45) is 1.10. The maximum Gasteiger partial charge on any atom is 0.130 e. The van der Waals surface area contributed by atoms with Crippen molar-refractivity contribution in [2.75, 3.05) is 18.4 Å². The quantitative estimate of drug-likeness (QED) is 0.773. The van der Waals surface area contributed by atoms with Gasteiger partial charge < -0.3 is 0 Å². The molecule has 1 saturated heterocycles. The van der Waals surface area contributed by atoms with Crippen molar-refractivity contribution in [3.8, 4) is 0 Å². The molecule has 1 atom stereocenters. The SMILES string of the molecule is Fc1cccc(F)c1CN1CCC(CBr)C1. The molecule has 1 fully saturated rings. The molecule has 1 heterocycles. The fourth-order valence-corrected chi connectivity index (χ4v) is 2.62. The van der Waals surface area contributed by atoms with Crippen LogP contribution in [-0.2, 0) is 6.54 Å². The van der Waals surface area contributed by atoms with Gasteiger partial charge in [0.2, 0.25) is 0 Å². The Morgan fingerprint density at radius 2 is 2.00 bits per heavy atom. The van der Waals surface area contributed by atoms with Gasteiger partial charge in [0, 0.05) is 24.0 Å². The Kier molecular flexibility index (Phi) is 3.92. The first-order chi connectivity index (χ1) is 7.70. The lowest BCUT2D eigenvalue weighted by Gasteiger charge is -2.16. The Hall–Kier alpha value is -0.480. The standard InChI is InChI=1S/C12H14BrF2N/c13-6-9-4-5-16(7-9)8-10-11(14)2-1-3-12(10)15/h1-3,9H,4-8H2. The Bertz CT molecular complexity index is 350. The van der Waals surface area contributed by atoms with Crippen LogP contribution in [0.3, 0.4) is 0 Å². The largest absolute Gasteiger partial charge is 0.299 e. The summed E-state index contributed by atoms with van der Waals surface area (Å²) in [4.78, 5) is 2.10. The van der Waals surface area contributed by atoms with Crippen LogP contribution in [0.1, 0.15) is 12.0 Å². The number of nitrogens with zero attached hydrogens (tertiary/aromatic N) is 1.